The molecule has 0 bridgehead atoms. The van der Waals surface area contributed by atoms with E-state index in [2.05, 4.69) is 5.32 Å². The number of carbonyl (C=O) groups is 1. The molecule has 0 saturated carbocycles. The number of nitrogens with one attached hydrogen (secondary N) is 1. The van der Waals surface area contributed by atoms with E-state index in [0.29, 0.717) is 12.3 Å². The molecule has 0 aromatic heterocycles. The van der Waals surface area contributed by atoms with Gasteiger partial charge < -0.3 is 15.0 Å². The van der Waals surface area contributed by atoms with E-state index in [0.717, 1.165) is 37.4 Å². The first kappa shape index (κ1) is 16.8. The molecule has 1 aliphatic heterocycles. The Hall–Kier alpha value is -1.55. The maximum atomic E-state index is 12.9. The van der Waals surface area contributed by atoms with Crippen LogP contribution in [0.1, 0.15) is 25.8 Å². The summed E-state index contributed by atoms with van der Waals surface area (Å²) in [4.78, 5) is 14.9. The quantitative estimate of drug-likeness (QED) is 0.877. The van der Waals surface area contributed by atoms with Gasteiger partial charge in [-0.25, -0.2) is 0 Å². The van der Waals surface area contributed by atoms with Crippen molar-refractivity contribution < 1.29 is 9.53 Å². The van der Waals surface area contributed by atoms with Gasteiger partial charge in [0.2, 0.25) is 5.91 Å². The predicted octanol–water partition coefficient (Wildman–Crippen LogP) is 2.33. The minimum Gasteiger partial charge on any atom is -0.496 e. The summed E-state index contributed by atoms with van der Waals surface area (Å²) in [7, 11) is 3.65. The second-order valence-electron chi connectivity index (χ2n) is 6.84. The molecule has 1 unspecified atom stereocenters. The predicted molar refractivity (Wildman–Crippen MR) is 89.1 cm³/mol. The number of para-hydroxylation sites is 1. The van der Waals surface area contributed by atoms with E-state index in [1.165, 1.54) is 0 Å². The van der Waals surface area contributed by atoms with Gasteiger partial charge in [-0.3, -0.25) is 4.79 Å². The minimum absolute atomic E-state index is 0.247. The van der Waals surface area contributed by atoms with Gasteiger partial charge in [0.15, 0.2) is 0 Å². The third kappa shape index (κ3) is 3.80. The number of amides is 1. The second-order valence-corrected chi connectivity index (χ2v) is 6.84. The standard InChI is InChI=1S/C18H28N2O2/c1-18(2,11-15-7-5-6-8-16(15)22-4)17(21)20-10-9-14(13-20)12-19-3/h5-8,14,19H,9-13H2,1-4H3. The first-order chi connectivity index (χ1) is 10.5. The van der Waals surface area contributed by atoms with Gasteiger partial charge in [-0.15, -0.1) is 0 Å². The Kier molecular flexibility index (Phi) is 5.46. The second kappa shape index (κ2) is 7.14. The topological polar surface area (TPSA) is 41.6 Å². The lowest BCUT2D eigenvalue weighted by Gasteiger charge is -2.30. The van der Waals surface area contributed by atoms with Gasteiger partial charge in [0.1, 0.15) is 5.75 Å². The molecule has 1 aliphatic rings. The third-order valence-corrected chi connectivity index (χ3v) is 4.47. The van der Waals surface area contributed by atoms with Crippen LogP contribution in [0.4, 0.5) is 0 Å². The van der Waals surface area contributed by atoms with Crippen LogP contribution in [0.2, 0.25) is 0 Å². The van der Waals surface area contributed by atoms with Crippen LogP contribution in [0, 0.1) is 11.3 Å². The van der Waals surface area contributed by atoms with E-state index in [1.54, 1.807) is 7.11 Å². The van der Waals surface area contributed by atoms with Crippen LogP contribution in [0.15, 0.2) is 24.3 Å². The Bertz CT molecular complexity index is 514. The molecule has 2 rings (SSSR count). The highest BCUT2D eigenvalue weighted by atomic mass is 16.5. The zero-order valence-electron chi connectivity index (χ0n) is 14.2. The molecule has 0 spiro atoms. The van der Waals surface area contributed by atoms with Crippen molar-refractivity contribution >= 4 is 5.91 Å². The maximum Gasteiger partial charge on any atom is 0.228 e. The van der Waals surface area contributed by atoms with Crippen molar-refractivity contribution in [3.8, 4) is 5.75 Å². The Morgan fingerprint density at radius 2 is 2.14 bits per heavy atom. The van der Waals surface area contributed by atoms with Crippen LogP contribution in [0.25, 0.3) is 0 Å². The highest BCUT2D eigenvalue weighted by molar-refractivity contribution is 5.82. The van der Waals surface area contributed by atoms with E-state index in [-0.39, 0.29) is 5.91 Å². The van der Waals surface area contributed by atoms with Gasteiger partial charge in [0.25, 0.3) is 0 Å². The normalized spacial score (nSPS) is 18.5. The smallest absolute Gasteiger partial charge is 0.228 e. The van der Waals surface area contributed by atoms with Gasteiger partial charge in [-0.2, -0.15) is 0 Å². The van der Waals surface area contributed by atoms with Crippen LogP contribution in [-0.2, 0) is 11.2 Å². The molecule has 1 saturated heterocycles. The fourth-order valence-electron chi connectivity index (χ4n) is 3.30. The van der Waals surface area contributed by atoms with E-state index in [1.807, 2.05) is 50.1 Å². The summed E-state index contributed by atoms with van der Waals surface area (Å²) in [6, 6.07) is 7.95. The monoisotopic (exact) mass is 304 g/mol. The molecular weight excluding hydrogens is 276 g/mol. The van der Waals surface area contributed by atoms with Crippen molar-refractivity contribution in [3.63, 3.8) is 0 Å². The number of carbonyl (C=O) groups excluding carboxylic acids is 1. The molecule has 1 N–H and O–H groups in total. The SMILES string of the molecule is CNCC1CCN(C(=O)C(C)(C)Cc2ccccc2OC)C1. The van der Waals surface area contributed by atoms with Crippen LogP contribution < -0.4 is 10.1 Å². The van der Waals surface area contributed by atoms with Crippen molar-refractivity contribution in [2.75, 3.05) is 33.8 Å². The van der Waals surface area contributed by atoms with Crippen LogP contribution in [-0.4, -0.2) is 44.6 Å². The number of ether oxygens (including phenoxy) is 1. The van der Waals surface area contributed by atoms with E-state index >= 15 is 0 Å². The third-order valence-electron chi connectivity index (χ3n) is 4.47. The van der Waals surface area contributed by atoms with Gasteiger partial charge in [0, 0.05) is 18.5 Å². The Morgan fingerprint density at radius 3 is 2.82 bits per heavy atom. The van der Waals surface area contributed by atoms with E-state index in [9.17, 15) is 4.79 Å². The number of nitrogens with zero attached hydrogens (tertiary/aromatic N) is 1. The molecule has 1 aromatic carbocycles. The molecule has 122 valence electrons. The maximum absolute atomic E-state index is 12.9. The van der Waals surface area contributed by atoms with Gasteiger partial charge >= 0.3 is 0 Å². The molecule has 4 heteroatoms. The first-order valence-corrected chi connectivity index (χ1v) is 8.04. The number of benzene rings is 1. The minimum atomic E-state index is -0.414. The van der Waals surface area contributed by atoms with Crippen LogP contribution >= 0.6 is 0 Å². The highest BCUT2D eigenvalue weighted by Gasteiger charge is 2.36. The summed E-state index contributed by atoms with van der Waals surface area (Å²) in [6.45, 7) is 6.80. The van der Waals surface area contributed by atoms with E-state index < -0.39 is 5.41 Å². The molecule has 1 heterocycles. The summed E-state index contributed by atoms with van der Waals surface area (Å²) in [5.74, 6) is 1.69. The molecule has 22 heavy (non-hydrogen) atoms. The Balaban J connectivity index is 2.05. The van der Waals surface area contributed by atoms with Gasteiger partial charge in [-0.05, 0) is 44.0 Å². The zero-order valence-corrected chi connectivity index (χ0v) is 14.2. The van der Waals surface area contributed by atoms with Crippen molar-refractivity contribution in [2.45, 2.75) is 26.7 Å². The molecule has 1 amide bonds. The van der Waals surface area contributed by atoms with Crippen LogP contribution in [0.3, 0.4) is 0 Å². The average Bonchev–Trinajstić information content (AvgIpc) is 2.95. The lowest BCUT2D eigenvalue weighted by Crippen LogP contribution is -2.41. The van der Waals surface area contributed by atoms with Crippen molar-refractivity contribution in [2.24, 2.45) is 11.3 Å². The van der Waals surface area contributed by atoms with Crippen molar-refractivity contribution in [1.82, 2.24) is 10.2 Å². The molecule has 0 aliphatic carbocycles. The lowest BCUT2D eigenvalue weighted by atomic mass is 9.84. The summed E-state index contributed by atoms with van der Waals surface area (Å²) in [6.07, 6.45) is 1.79. The van der Waals surface area contributed by atoms with Crippen LogP contribution in [0.5, 0.6) is 5.75 Å². The molecular formula is C18H28N2O2. The number of rotatable bonds is 6. The average molecular weight is 304 g/mol. The van der Waals surface area contributed by atoms with Crippen molar-refractivity contribution in [3.05, 3.63) is 29.8 Å². The van der Waals surface area contributed by atoms with E-state index in [4.69, 9.17) is 4.74 Å². The number of hydrogen-bond acceptors (Lipinski definition) is 3. The summed E-state index contributed by atoms with van der Waals surface area (Å²) >= 11 is 0. The molecule has 4 nitrogen and oxygen atoms in total. The van der Waals surface area contributed by atoms with Crippen molar-refractivity contribution in [1.29, 1.82) is 0 Å². The molecule has 1 fully saturated rings. The molecule has 0 radical (unpaired) electrons. The largest absolute Gasteiger partial charge is 0.496 e. The lowest BCUT2D eigenvalue weighted by molar-refractivity contribution is -0.139. The summed E-state index contributed by atoms with van der Waals surface area (Å²) in [5, 5.41) is 3.21. The number of hydrogen-bond donors (Lipinski definition) is 1. The highest BCUT2D eigenvalue weighted by Crippen LogP contribution is 2.31. The Morgan fingerprint density at radius 1 is 1.41 bits per heavy atom. The number of likely N-dealkylation sites (tertiary alicyclic amines) is 1. The summed E-state index contributed by atoms with van der Waals surface area (Å²) in [5.41, 5.74) is 0.678. The summed E-state index contributed by atoms with van der Waals surface area (Å²) < 4.78 is 5.41. The van der Waals surface area contributed by atoms with Gasteiger partial charge in [-0.1, -0.05) is 32.0 Å². The number of methoxy groups -OCH3 is 1. The fourth-order valence-corrected chi connectivity index (χ4v) is 3.30. The molecule has 1 atom stereocenters. The first-order valence-electron chi connectivity index (χ1n) is 8.04. The van der Waals surface area contributed by atoms with Gasteiger partial charge in [0.05, 0.1) is 7.11 Å². The zero-order chi connectivity index (χ0) is 16.2. The molecule has 1 aromatic rings. The fraction of sp³-hybridized carbons (Fsp3) is 0.611. The Labute approximate surface area is 133 Å².